The molecule has 0 aromatic heterocycles. The van der Waals surface area contributed by atoms with Gasteiger partial charge in [-0.2, -0.15) is 0 Å². The maximum atomic E-state index is 13.4. The third-order valence-electron chi connectivity index (χ3n) is 13.3. The summed E-state index contributed by atoms with van der Waals surface area (Å²) in [6, 6.07) is 28.1. The zero-order valence-corrected chi connectivity index (χ0v) is 42.3. The number of carbonyl (C=O) groups excluding carboxylic acids is 3. The van der Waals surface area contributed by atoms with Crippen molar-refractivity contribution in [2.75, 3.05) is 0 Å². The monoisotopic (exact) mass is 950 g/mol. The first-order chi connectivity index (χ1) is 33.3. The van der Waals surface area contributed by atoms with E-state index in [9.17, 15) is 19.5 Å². The number of carbonyl (C=O) groups is 3. The molecule has 0 saturated carbocycles. The third-order valence-corrected chi connectivity index (χ3v) is 13.3. The number of fused-ring (bicyclic) bond motifs is 4. The van der Waals surface area contributed by atoms with Crippen molar-refractivity contribution in [2.45, 2.75) is 149 Å². The van der Waals surface area contributed by atoms with Crippen molar-refractivity contribution in [3.05, 3.63) is 177 Å². The van der Waals surface area contributed by atoms with Gasteiger partial charge in [-0.3, -0.25) is 4.79 Å². The number of aliphatic hydroxyl groups excluding tert-OH is 1. The van der Waals surface area contributed by atoms with E-state index in [0.29, 0.717) is 36.8 Å². The van der Waals surface area contributed by atoms with Gasteiger partial charge in [-0.15, -0.1) is 0 Å². The predicted molar refractivity (Wildman–Crippen MR) is 273 cm³/mol. The first kappa shape index (κ1) is 52.1. The van der Waals surface area contributed by atoms with Crippen LogP contribution in [0.2, 0.25) is 0 Å². The lowest BCUT2D eigenvalue weighted by Crippen LogP contribution is -2.34. The molecule has 70 heavy (non-hydrogen) atoms. The lowest BCUT2D eigenvalue weighted by molar-refractivity contribution is -0.152. The fourth-order valence-corrected chi connectivity index (χ4v) is 9.93. The maximum absolute atomic E-state index is 13.4. The molecule has 4 aromatic rings. The number of aryl methyl sites for hydroxylation is 4. The van der Waals surface area contributed by atoms with Crippen molar-refractivity contribution in [1.82, 2.24) is 0 Å². The van der Waals surface area contributed by atoms with E-state index in [0.717, 1.165) is 44.5 Å². The van der Waals surface area contributed by atoms with Crippen molar-refractivity contribution >= 4 is 29.9 Å². The highest BCUT2D eigenvalue weighted by Gasteiger charge is 2.45. The molecule has 10 nitrogen and oxygen atoms in total. The average Bonchev–Trinajstić information content (AvgIpc) is 3.78. The number of ether oxygens (including phenoxy) is 6. The summed E-state index contributed by atoms with van der Waals surface area (Å²) in [5.41, 5.74) is 8.91. The Morgan fingerprint density at radius 1 is 0.557 bits per heavy atom. The van der Waals surface area contributed by atoms with E-state index in [1.54, 1.807) is 12.2 Å². The van der Waals surface area contributed by atoms with Crippen LogP contribution in [-0.2, 0) is 46.1 Å². The summed E-state index contributed by atoms with van der Waals surface area (Å²) in [5.74, 6) is -2.78. The summed E-state index contributed by atoms with van der Waals surface area (Å²) >= 11 is 0. The minimum Gasteiger partial charge on any atom is -0.458 e. The normalized spacial score (nSPS) is 29.4. The van der Waals surface area contributed by atoms with Crippen LogP contribution in [0.4, 0.5) is 0 Å². The smallest absolute Gasteiger partial charge is 0.339 e. The topological polar surface area (TPSA) is 127 Å². The minimum atomic E-state index is -0.851. The van der Waals surface area contributed by atoms with Gasteiger partial charge < -0.3 is 33.5 Å². The Bertz CT molecular complexity index is 2610. The molecule has 2 saturated heterocycles. The lowest BCUT2D eigenvalue weighted by Gasteiger charge is -2.25. The van der Waals surface area contributed by atoms with Gasteiger partial charge in [0.15, 0.2) is 17.4 Å². The van der Waals surface area contributed by atoms with E-state index in [1.165, 1.54) is 0 Å². The first-order valence-corrected chi connectivity index (χ1v) is 24.6. The van der Waals surface area contributed by atoms with E-state index in [4.69, 9.17) is 28.4 Å². The van der Waals surface area contributed by atoms with Crippen molar-refractivity contribution in [3.63, 3.8) is 0 Å². The Labute approximate surface area is 414 Å². The molecule has 0 spiro atoms. The highest BCUT2D eigenvalue weighted by atomic mass is 16.8. The van der Waals surface area contributed by atoms with E-state index in [1.807, 2.05) is 178 Å². The molecule has 0 aliphatic carbocycles. The fraction of sp³-hybridized carbons (Fsp3) is 0.417. The number of esters is 2. The molecule has 4 aliphatic heterocycles. The summed E-state index contributed by atoms with van der Waals surface area (Å²) in [5, 5.41) is 11.1. The molecule has 0 radical (unpaired) electrons. The summed E-state index contributed by atoms with van der Waals surface area (Å²) in [6.45, 7) is 19.1. The third kappa shape index (κ3) is 13.4. The first-order valence-electron chi connectivity index (χ1n) is 24.6. The molecule has 0 bridgehead atoms. The minimum absolute atomic E-state index is 0.127. The number of hydrogen-bond donors (Lipinski definition) is 1. The lowest BCUT2D eigenvalue weighted by atomic mass is 9.92. The van der Waals surface area contributed by atoms with Crippen LogP contribution in [0.5, 0.6) is 0 Å². The van der Waals surface area contributed by atoms with Crippen molar-refractivity contribution in [3.8, 4) is 0 Å². The van der Waals surface area contributed by atoms with Gasteiger partial charge in [0, 0.05) is 11.8 Å². The van der Waals surface area contributed by atoms with Gasteiger partial charge in [-0.25, -0.2) is 9.59 Å². The van der Waals surface area contributed by atoms with Crippen LogP contribution in [0.25, 0.3) is 12.2 Å². The number of rotatable bonds is 4. The number of cyclic esters (lactones) is 2. The second-order valence-electron chi connectivity index (χ2n) is 20.2. The van der Waals surface area contributed by atoms with Gasteiger partial charge in [-0.05, 0) is 134 Å². The Morgan fingerprint density at radius 2 is 1.01 bits per heavy atom. The van der Waals surface area contributed by atoms with E-state index < -0.39 is 48.2 Å². The van der Waals surface area contributed by atoms with Crippen LogP contribution in [0.3, 0.4) is 0 Å². The summed E-state index contributed by atoms with van der Waals surface area (Å²) in [7, 11) is 0. The predicted octanol–water partition coefficient (Wildman–Crippen LogP) is 11.3. The van der Waals surface area contributed by atoms with Gasteiger partial charge >= 0.3 is 11.9 Å². The molecule has 4 heterocycles. The molecule has 10 heteroatoms. The summed E-state index contributed by atoms with van der Waals surface area (Å²) in [4.78, 5) is 39.9. The molecule has 9 atom stereocenters. The second-order valence-corrected chi connectivity index (χ2v) is 20.2. The van der Waals surface area contributed by atoms with Crippen molar-refractivity contribution in [2.24, 2.45) is 11.8 Å². The molecular weight excluding hydrogens is 881 g/mol. The molecule has 1 unspecified atom stereocenters. The number of hydrogen-bond acceptors (Lipinski definition) is 10. The van der Waals surface area contributed by atoms with Crippen LogP contribution in [-0.4, -0.2) is 77.1 Å². The van der Waals surface area contributed by atoms with Gasteiger partial charge in [0.05, 0.1) is 23.3 Å². The second kappa shape index (κ2) is 22.6. The molecule has 2 fully saturated rings. The van der Waals surface area contributed by atoms with E-state index in [-0.39, 0.29) is 35.7 Å². The van der Waals surface area contributed by atoms with E-state index >= 15 is 0 Å². The Morgan fingerprint density at radius 3 is 1.53 bits per heavy atom. The van der Waals surface area contributed by atoms with E-state index in [2.05, 4.69) is 12.1 Å². The van der Waals surface area contributed by atoms with Crippen molar-refractivity contribution < 1.29 is 47.9 Å². The maximum Gasteiger partial charge on any atom is 0.339 e. The Hall–Kier alpha value is -5.75. The van der Waals surface area contributed by atoms with Gasteiger partial charge in [-0.1, -0.05) is 139 Å². The number of ketones is 1. The Balaban J connectivity index is 0.000000206. The van der Waals surface area contributed by atoms with Gasteiger partial charge in [0.25, 0.3) is 0 Å². The molecule has 370 valence electrons. The zero-order chi connectivity index (χ0) is 50.3. The number of benzene rings is 4. The largest absolute Gasteiger partial charge is 0.458 e. The molecule has 8 rings (SSSR count). The van der Waals surface area contributed by atoms with Crippen LogP contribution >= 0.6 is 0 Å². The van der Waals surface area contributed by atoms with Crippen LogP contribution in [0.15, 0.2) is 121 Å². The molecular formula is C60H70O10. The molecule has 4 aliphatic rings. The summed E-state index contributed by atoms with van der Waals surface area (Å²) in [6.07, 6.45) is 13.7. The molecule has 0 amide bonds. The Kier molecular flexibility index (Phi) is 16.8. The standard InChI is InChI=1S/C30H36O5.C30H34O5/c2*1-19-16-20(2)27-24(17-19)12-9-13-26-28(35-30(4,5)34-26)25(31)15-14-23(21(3)33-29(27)32)18-22-10-7-6-8-11-22/h6-12,14-17,21,23,25-26,28,31H,13,18H2,1-5H3;6-12,14-17,21,23,26,28H,13,18H2,1-5H3/b2*12-9+,15-14-/t21-,23-,25?,26-,28+;21-,23-,26-,28+/m00/s1. The zero-order valence-electron chi connectivity index (χ0n) is 42.3. The summed E-state index contributed by atoms with van der Waals surface area (Å²) < 4.78 is 36.3. The molecule has 4 aromatic carbocycles. The highest BCUT2D eigenvalue weighted by Crippen LogP contribution is 2.35. The fourth-order valence-electron chi connectivity index (χ4n) is 9.93. The number of aliphatic hydroxyl groups is 1. The van der Waals surface area contributed by atoms with Crippen LogP contribution < -0.4 is 0 Å². The SMILES string of the molecule is Cc1cc(C)c2c(c1)/C=C/C[C@@H]1OC(C)(C)O[C@@H]1C(=O)/C=C\[C@@H](Cc1ccccc1)[C@H](C)OC2=O.Cc1cc(C)c2c(c1)/C=C/C[C@@H]1OC(C)(C)O[C@@H]1C(O)/C=C\[C@@H](Cc1ccccc1)[C@H](C)OC2=O. The average molecular weight is 951 g/mol. The van der Waals surface area contributed by atoms with Crippen molar-refractivity contribution in [1.29, 1.82) is 0 Å². The van der Waals surface area contributed by atoms with Crippen LogP contribution in [0, 0.1) is 39.5 Å². The highest BCUT2D eigenvalue weighted by molar-refractivity contribution is 5.97. The van der Waals surface area contributed by atoms with Gasteiger partial charge in [0.1, 0.15) is 30.5 Å². The van der Waals surface area contributed by atoms with Gasteiger partial charge in [0.2, 0.25) is 0 Å². The molecule has 1 N–H and O–H groups in total. The van der Waals surface area contributed by atoms with Crippen LogP contribution in [0.1, 0.15) is 120 Å². The quantitative estimate of drug-likeness (QED) is 0.156.